The molecule has 2 aromatic rings. The van der Waals surface area contributed by atoms with E-state index in [2.05, 4.69) is 6.58 Å². The van der Waals surface area contributed by atoms with Gasteiger partial charge in [-0.05, 0) is 30.8 Å². The van der Waals surface area contributed by atoms with Crippen LogP contribution in [-0.4, -0.2) is 73.4 Å². The number of nitrogens with zero attached hydrogens (tertiary/aromatic N) is 1. The maximum Gasteiger partial charge on any atom is 0.261 e. The highest BCUT2D eigenvalue weighted by Crippen LogP contribution is 2.28. The third-order valence-corrected chi connectivity index (χ3v) is 4.99. The monoisotopic (exact) mass is 473 g/mol. The van der Waals surface area contributed by atoms with Crippen molar-refractivity contribution in [2.45, 2.75) is 12.4 Å². The van der Waals surface area contributed by atoms with Crippen molar-refractivity contribution in [3.8, 4) is 5.75 Å². The summed E-state index contributed by atoms with van der Waals surface area (Å²) in [6.07, 6.45) is -1.11. The fraction of sp³-hybridized carbons (Fsp3) is 0.333. The van der Waals surface area contributed by atoms with E-state index in [-0.39, 0.29) is 63.2 Å². The fourth-order valence-electron chi connectivity index (χ4n) is 3.46. The van der Waals surface area contributed by atoms with Gasteiger partial charge in [0, 0.05) is 5.56 Å². The van der Waals surface area contributed by atoms with Crippen molar-refractivity contribution >= 4 is 17.8 Å². The van der Waals surface area contributed by atoms with Crippen LogP contribution >= 0.6 is 0 Å². The molecule has 34 heavy (non-hydrogen) atoms. The maximum absolute atomic E-state index is 14.1. The summed E-state index contributed by atoms with van der Waals surface area (Å²) in [6.45, 7) is 3.21. The summed E-state index contributed by atoms with van der Waals surface area (Å²) in [7, 11) is 0. The minimum atomic E-state index is -0.738. The highest BCUT2D eigenvalue weighted by molar-refractivity contribution is 6.21. The molecule has 1 N–H and O–H groups in total. The van der Waals surface area contributed by atoms with E-state index >= 15 is 0 Å². The lowest BCUT2D eigenvalue weighted by molar-refractivity contribution is -0.230. The molecule has 0 aromatic heterocycles. The van der Waals surface area contributed by atoms with Gasteiger partial charge < -0.3 is 24.1 Å². The zero-order valence-electron chi connectivity index (χ0n) is 18.3. The first kappa shape index (κ1) is 25.2. The van der Waals surface area contributed by atoms with E-state index in [0.29, 0.717) is 16.7 Å². The summed E-state index contributed by atoms with van der Waals surface area (Å²) in [4.78, 5) is 34.4. The lowest BCUT2D eigenvalue weighted by atomic mass is 10.1. The molecule has 180 valence electrons. The van der Waals surface area contributed by atoms with E-state index in [0.717, 1.165) is 0 Å². The number of ether oxygens (including phenoxy) is 4. The van der Waals surface area contributed by atoms with Crippen molar-refractivity contribution in [2.24, 2.45) is 0 Å². The number of aliphatic hydroxyl groups excluding tert-OH is 1. The number of aliphatic hydroxyl groups is 1. The molecular formula is C24H24FNO8. The first-order chi connectivity index (χ1) is 16.5. The van der Waals surface area contributed by atoms with Crippen molar-refractivity contribution in [3.63, 3.8) is 0 Å². The van der Waals surface area contributed by atoms with Crippen LogP contribution in [0.1, 0.15) is 32.6 Å². The molecule has 0 saturated carbocycles. The third kappa shape index (κ3) is 5.93. The highest BCUT2D eigenvalue weighted by Gasteiger charge is 2.35. The zero-order chi connectivity index (χ0) is 24.5. The number of halogens is 1. The number of imide groups is 1. The quantitative estimate of drug-likeness (QED) is 0.457. The lowest BCUT2D eigenvalue weighted by Gasteiger charge is -2.30. The van der Waals surface area contributed by atoms with Gasteiger partial charge in [0.1, 0.15) is 18.7 Å². The second-order valence-corrected chi connectivity index (χ2v) is 7.21. The van der Waals surface area contributed by atoms with Gasteiger partial charge in [-0.1, -0.05) is 18.2 Å². The van der Waals surface area contributed by atoms with Gasteiger partial charge in [-0.15, -0.1) is 0 Å². The number of benzene rings is 2. The van der Waals surface area contributed by atoms with E-state index in [4.69, 9.17) is 28.8 Å². The summed E-state index contributed by atoms with van der Waals surface area (Å²) < 4.78 is 36.1. The van der Waals surface area contributed by atoms with Crippen LogP contribution in [0.4, 0.5) is 4.39 Å². The smallest absolute Gasteiger partial charge is 0.261 e. The number of carbonyl (C=O) groups is 2. The van der Waals surface area contributed by atoms with Gasteiger partial charge in [0.25, 0.3) is 11.8 Å². The van der Waals surface area contributed by atoms with Crippen LogP contribution in [0.2, 0.25) is 0 Å². The molecule has 9 nitrogen and oxygen atoms in total. The van der Waals surface area contributed by atoms with Crippen LogP contribution in [0.15, 0.2) is 49.0 Å². The summed E-state index contributed by atoms with van der Waals surface area (Å²) in [5.41, 5.74) is 1.30. The Bertz CT molecular complexity index is 1010. The van der Waals surface area contributed by atoms with Crippen LogP contribution in [0.3, 0.4) is 0 Å². The molecule has 2 amide bonds. The second-order valence-electron chi connectivity index (χ2n) is 7.21. The molecule has 0 unspecified atom stereocenters. The third-order valence-electron chi connectivity index (χ3n) is 4.99. The predicted octanol–water partition coefficient (Wildman–Crippen LogP) is 1.93. The summed E-state index contributed by atoms with van der Waals surface area (Å²) in [5.74, 6) is 0.0724. The number of fused-ring (bicyclic) bond motifs is 1. The Morgan fingerprint density at radius 1 is 1.09 bits per heavy atom. The first-order valence-corrected chi connectivity index (χ1v) is 10.5. The van der Waals surface area contributed by atoms with Gasteiger partial charge in [0.2, 0.25) is 0 Å². The Morgan fingerprint density at radius 2 is 1.71 bits per heavy atom. The van der Waals surface area contributed by atoms with Gasteiger partial charge in [-0.3, -0.25) is 14.5 Å². The average Bonchev–Trinajstić information content (AvgIpc) is 3.09. The molecule has 0 aliphatic carbocycles. The number of amides is 2. The lowest BCUT2D eigenvalue weighted by Crippen LogP contribution is -2.37. The molecule has 2 aliphatic heterocycles. The van der Waals surface area contributed by atoms with Crippen LogP contribution < -0.4 is 4.74 Å². The van der Waals surface area contributed by atoms with E-state index < -0.39 is 12.1 Å². The van der Waals surface area contributed by atoms with E-state index in [1.807, 2.05) is 0 Å². The van der Waals surface area contributed by atoms with Gasteiger partial charge in [0.15, 0.2) is 17.9 Å². The molecular weight excluding hydrogens is 449 g/mol. The molecule has 2 aromatic carbocycles. The molecule has 1 fully saturated rings. The number of hydrogen-bond donors (Lipinski definition) is 1. The van der Waals surface area contributed by atoms with E-state index in [9.17, 15) is 14.0 Å². The number of carbonyl (C=O) groups excluding carboxylic acids is 3. The summed E-state index contributed by atoms with van der Waals surface area (Å²) in [6, 6.07) is 11.1. The zero-order valence-corrected chi connectivity index (χ0v) is 18.3. The molecule has 0 atom stereocenters. The Balaban J connectivity index is 0.00000103. The fourth-order valence-corrected chi connectivity index (χ4v) is 3.46. The standard InChI is InChI=1S/C22H22FNO7.C2H2O/c23-18-11-14(5-6-19(18)29-10-8-25)22-30-12-15(13-31-22)28-9-7-24-20(26)16-3-1-2-4-17(16)21(24)27;1-2-3/h1-6,11,15,22,25H,7-10,12-13H2;1H2. The molecule has 0 spiro atoms. The number of rotatable bonds is 8. The van der Waals surface area contributed by atoms with Crippen molar-refractivity contribution < 1.29 is 42.8 Å². The molecule has 0 bridgehead atoms. The molecule has 1 saturated heterocycles. The maximum atomic E-state index is 14.1. The van der Waals surface area contributed by atoms with Crippen molar-refractivity contribution in [3.05, 3.63) is 71.6 Å². The predicted molar refractivity (Wildman–Crippen MR) is 116 cm³/mol. The Morgan fingerprint density at radius 3 is 2.26 bits per heavy atom. The molecule has 2 heterocycles. The van der Waals surface area contributed by atoms with Crippen LogP contribution in [0.5, 0.6) is 5.75 Å². The van der Waals surface area contributed by atoms with Gasteiger partial charge in [-0.25, -0.2) is 9.18 Å². The molecule has 0 radical (unpaired) electrons. The van der Waals surface area contributed by atoms with Crippen LogP contribution in [-0.2, 0) is 19.0 Å². The van der Waals surface area contributed by atoms with E-state index in [1.165, 1.54) is 23.0 Å². The van der Waals surface area contributed by atoms with E-state index in [1.54, 1.807) is 30.3 Å². The van der Waals surface area contributed by atoms with Gasteiger partial charge in [-0.2, -0.15) is 0 Å². The van der Waals surface area contributed by atoms with Gasteiger partial charge >= 0.3 is 0 Å². The minimum Gasteiger partial charge on any atom is -0.488 e. The Hall–Kier alpha value is -3.40. The summed E-state index contributed by atoms with van der Waals surface area (Å²) >= 11 is 0. The normalized spacial score (nSPS) is 19.2. The Labute approximate surface area is 195 Å². The van der Waals surface area contributed by atoms with Crippen molar-refractivity contribution in [1.29, 1.82) is 0 Å². The minimum absolute atomic E-state index is 0.00637. The topological polar surface area (TPSA) is 112 Å². The Kier molecular flexibility index (Phi) is 9.03. The van der Waals surface area contributed by atoms with Crippen LogP contribution in [0, 0.1) is 5.82 Å². The van der Waals surface area contributed by atoms with Crippen molar-refractivity contribution in [1.82, 2.24) is 4.90 Å². The summed E-state index contributed by atoms with van der Waals surface area (Å²) in [5, 5.41) is 8.76. The highest BCUT2D eigenvalue weighted by atomic mass is 19.1. The average molecular weight is 473 g/mol. The first-order valence-electron chi connectivity index (χ1n) is 10.5. The van der Waals surface area contributed by atoms with Gasteiger partial charge in [0.05, 0.1) is 44.1 Å². The number of hydrogen-bond acceptors (Lipinski definition) is 8. The van der Waals surface area contributed by atoms with Crippen LogP contribution in [0.25, 0.3) is 0 Å². The largest absolute Gasteiger partial charge is 0.488 e. The molecule has 2 aliphatic rings. The molecule has 10 heteroatoms. The second kappa shape index (κ2) is 12.2. The molecule has 4 rings (SSSR count). The SMILES string of the molecule is C=C=O.O=C1c2ccccc2C(=O)N1CCOC1COC(c2ccc(OCCO)c(F)c2)OC1. The van der Waals surface area contributed by atoms with Crippen molar-refractivity contribution in [2.75, 3.05) is 39.6 Å².